The number of rotatable bonds is 7. The van der Waals surface area contributed by atoms with Crippen LogP contribution in [0.15, 0.2) is 83.3 Å². The highest BCUT2D eigenvalue weighted by atomic mass is 32.2. The molecule has 3 amide bonds. The number of hydrogen-bond donors (Lipinski definition) is 2. The van der Waals surface area contributed by atoms with E-state index in [1.165, 1.54) is 23.7 Å². The second-order valence-electron chi connectivity index (χ2n) is 6.80. The number of hydrogen-bond acceptors (Lipinski definition) is 6. The van der Waals surface area contributed by atoms with E-state index >= 15 is 0 Å². The number of imide groups is 1. The van der Waals surface area contributed by atoms with Crippen LogP contribution in [0.3, 0.4) is 0 Å². The first kappa shape index (κ1) is 21.8. The molecule has 0 bridgehead atoms. The molecule has 0 unspecified atom stereocenters. The van der Waals surface area contributed by atoms with Crippen LogP contribution in [0.5, 0.6) is 0 Å². The molecule has 2 aromatic heterocycles. The number of thioether (sulfide) groups is 1. The van der Waals surface area contributed by atoms with Crippen molar-refractivity contribution in [3.05, 3.63) is 94.4 Å². The van der Waals surface area contributed by atoms with Crippen molar-refractivity contribution in [1.29, 1.82) is 0 Å². The van der Waals surface area contributed by atoms with Crippen molar-refractivity contribution < 1.29 is 9.59 Å². The summed E-state index contributed by atoms with van der Waals surface area (Å²) in [6.45, 7) is 0. The number of carbonyl (C=O) groups is 2. The van der Waals surface area contributed by atoms with Gasteiger partial charge in [-0.15, -0.1) is 21.5 Å². The lowest BCUT2D eigenvalue weighted by atomic mass is 10.1. The molecule has 0 radical (unpaired) electrons. The number of aromatic nitrogens is 3. The molecule has 0 aliphatic carbocycles. The summed E-state index contributed by atoms with van der Waals surface area (Å²) in [4.78, 5) is 25.9. The average Bonchev–Trinajstić information content (AvgIpc) is 3.48. The van der Waals surface area contributed by atoms with Crippen LogP contribution in [0, 0.1) is 0 Å². The molecule has 0 aliphatic heterocycles. The van der Waals surface area contributed by atoms with Crippen LogP contribution in [0.4, 0.5) is 4.79 Å². The monoisotopic (exact) mass is 463 g/mol. The van der Waals surface area contributed by atoms with Gasteiger partial charge in [0.25, 0.3) is 0 Å². The molecule has 162 valence electrons. The fraction of sp³-hybridized carbons (Fsp3) is 0.130. The first-order valence-electron chi connectivity index (χ1n) is 9.92. The van der Waals surface area contributed by atoms with E-state index in [2.05, 4.69) is 26.9 Å². The van der Waals surface area contributed by atoms with Crippen LogP contribution in [0.1, 0.15) is 21.5 Å². The number of amides is 3. The van der Waals surface area contributed by atoms with E-state index in [-0.39, 0.29) is 0 Å². The maximum atomic E-state index is 13.0. The Kier molecular flexibility index (Phi) is 6.98. The van der Waals surface area contributed by atoms with Gasteiger partial charge in [-0.3, -0.25) is 14.7 Å². The first-order chi connectivity index (χ1) is 15.7. The zero-order valence-corrected chi connectivity index (χ0v) is 18.9. The number of nitrogens with zero attached hydrogens (tertiary/aromatic N) is 3. The van der Waals surface area contributed by atoms with E-state index in [0.717, 1.165) is 17.1 Å². The number of benzene rings is 2. The van der Waals surface area contributed by atoms with E-state index in [1.807, 2.05) is 76.7 Å². The molecule has 0 spiro atoms. The molecule has 0 aliphatic rings. The van der Waals surface area contributed by atoms with Crippen molar-refractivity contribution in [3.8, 4) is 5.69 Å². The average molecular weight is 464 g/mol. The van der Waals surface area contributed by atoms with Crippen molar-refractivity contribution in [2.75, 3.05) is 7.05 Å². The van der Waals surface area contributed by atoms with Gasteiger partial charge in [0.05, 0.1) is 0 Å². The van der Waals surface area contributed by atoms with E-state index in [9.17, 15) is 9.59 Å². The molecule has 9 heteroatoms. The number of thiophene rings is 1. The molecular weight excluding hydrogens is 442 g/mol. The smallest absolute Gasteiger partial charge is 0.321 e. The lowest BCUT2D eigenvalue weighted by Crippen LogP contribution is -2.39. The summed E-state index contributed by atoms with van der Waals surface area (Å²) in [6.07, 6.45) is 0.626. The number of para-hydroxylation sites is 1. The lowest BCUT2D eigenvalue weighted by molar-refractivity contribution is -0.119. The Morgan fingerprint density at radius 2 is 1.72 bits per heavy atom. The fourth-order valence-electron chi connectivity index (χ4n) is 3.14. The molecule has 2 heterocycles. The van der Waals surface area contributed by atoms with E-state index < -0.39 is 17.2 Å². The molecule has 32 heavy (non-hydrogen) atoms. The third kappa shape index (κ3) is 5.06. The Hall–Kier alpha value is -3.43. The summed E-state index contributed by atoms with van der Waals surface area (Å²) in [6, 6.07) is 22.6. The van der Waals surface area contributed by atoms with Crippen LogP contribution in [-0.4, -0.2) is 33.8 Å². The van der Waals surface area contributed by atoms with Gasteiger partial charge in [0.1, 0.15) is 11.1 Å². The van der Waals surface area contributed by atoms with Gasteiger partial charge in [0.15, 0.2) is 5.16 Å². The molecule has 1 atom stereocenters. The minimum atomic E-state index is -0.685. The third-order valence-electron chi connectivity index (χ3n) is 4.65. The third-order valence-corrected chi connectivity index (χ3v) is 6.73. The topological polar surface area (TPSA) is 88.9 Å². The Labute approximate surface area is 193 Å². The van der Waals surface area contributed by atoms with Gasteiger partial charge < -0.3 is 5.32 Å². The maximum absolute atomic E-state index is 13.0. The Bertz CT molecular complexity index is 1180. The van der Waals surface area contributed by atoms with Gasteiger partial charge in [-0.05, 0) is 29.1 Å². The molecule has 4 aromatic rings. The molecular formula is C23H21N5O2S2. The second-order valence-corrected chi connectivity index (χ2v) is 8.91. The van der Waals surface area contributed by atoms with Gasteiger partial charge in [-0.25, -0.2) is 4.79 Å². The SMILES string of the molecule is CNC(=O)NC(=O)[C@H](Sc1nnc(Cc2cccs2)n1-c1ccccc1)c1ccccc1. The lowest BCUT2D eigenvalue weighted by Gasteiger charge is -2.17. The van der Waals surface area contributed by atoms with E-state index in [4.69, 9.17) is 0 Å². The minimum absolute atomic E-state index is 0.428. The molecule has 0 saturated carbocycles. The first-order valence-corrected chi connectivity index (χ1v) is 11.7. The standard InChI is InChI=1S/C23H21N5O2S2/c1-24-22(30)25-21(29)20(16-9-4-2-5-10-16)32-23-27-26-19(15-18-13-8-14-31-18)28(23)17-11-6-3-7-12-17/h2-14,20H,15H2,1H3,(H2,24,25,29,30)/t20-/m1/s1. The highest BCUT2D eigenvalue weighted by Gasteiger charge is 2.27. The van der Waals surface area contributed by atoms with Crippen molar-refractivity contribution in [2.45, 2.75) is 16.8 Å². The normalized spacial score (nSPS) is 11.7. The summed E-state index contributed by atoms with van der Waals surface area (Å²) >= 11 is 2.92. The van der Waals surface area contributed by atoms with Crippen LogP contribution < -0.4 is 10.6 Å². The molecule has 4 rings (SSSR count). The van der Waals surface area contributed by atoms with Crippen molar-refractivity contribution in [3.63, 3.8) is 0 Å². The minimum Gasteiger partial charge on any atom is -0.341 e. The van der Waals surface area contributed by atoms with Gasteiger partial charge >= 0.3 is 6.03 Å². The van der Waals surface area contributed by atoms with Gasteiger partial charge in [0, 0.05) is 24.0 Å². The van der Waals surface area contributed by atoms with E-state index in [0.29, 0.717) is 11.6 Å². The van der Waals surface area contributed by atoms with Gasteiger partial charge in [0.2, 0.25) is 5.91 Å². The van der Waals surface area contributed by atoms with Crippen LogP contribution >= 0.6 is 23.1 Å². The Morgan fingerprint density at radius 3 is 2.38 bits per heavy atom. The summed E-state index contributed by atoms with van der Waals surface area (Å²) in [5.41, 5.74) is 1.67. The van der Waals surface area contributed by atoms with Crippen LogP contribution in [0.25, 0.3) is 5.69 Å². The van der Waals surface area contributed by atoms with Crippen LogP contribution in [0.2, 0.25) is 0 Å². The molecule has 0 saturated heterocycles. The predicted octanol–water partition coefficient (Wildman–Crippen LogP) is 4.21. The van der Waals surface area contributed by atoms with Crippen molar-refractivity contribution in [2.24, 2.45) is 0 Å². The number of carbonyl (C=O) groups excluding carboxylic acids is 2. The highest BCUT2D eigenvalue weighted by molar-refractivity contribution is 8.00. The largest absolute Gasteiger partial charge is 0.341 e. The van der Waals surface area contributed by atoms with Gasteiger partial charge in [-0.2, -0.15) is 0 Å². The maximum Gasteiger partial charge on any atom is 0.321 e. The van der Waals surface area contributed by atoms with Crippen molar-refractivity contribution in [1.82, 2.24) is 25.4 Å². The molecule has 0 fully saturated rings. The zero-order chi connectivity index (χ0) is 22.3. The summed E-state index contributed by atoms with van der Waals surface area (Å²) in [5, 5.41) is 15.6. The molecule has 7 nitrogen and oxygen atoms in total. The van der Waals surface area contributed by atoms with Crippen LogP contribution in [-0.2, 0) is 11.2 Å². The predicted molar refractivity (Wildman–Crippen MR) is 126 cm³/mol. The zero-order valence-electron chi connectivity index (χ0n) is 17.3. The molecule has 2 N–H and O–H groups in total. The fourth-order valence-corrected chi connectivity index (χ4v) is 4.92. The van der Waals surface area contributed by atoms with E-state index in [1.54, 1.807) is 11.3 Å². The summed E-state index contributed by atoms with van der Waals surface area (Å²) in [5.74, 6) is 0.350. The number of nitrogens with one attached hydrogen (secondary N) is 2. The number of urea groups is 1. The summed E-state index contributed by atoms with van der Waals surface area (Å²) in [7, 11) is 1.47. The quantitative estimate of drug-likeness (QED) is 0.401. The second kappa shape index (κ2) is 10.3. The Balaban J connectivity index is 1.72. The Morgan fingerprint density at radius 1 is 1.00 bits per heavy atom. The molecule has 2 aromatic carbocycles. The highest BCUT2D eigenvalue weighted by Crippen LogP contribution is 2.36. The van der Waals surface area contributed by atoms with Gasteiger partial charge in [-0.1, -0.05) is 66.4 Å². The summed E-state index contributed by atoms with van der Waals surface area (Å²) < 4.78 is 1.97. The van der Waals surface area contributed by atoms with Crippen molar-refractivity contribution >= 4 is 35.0 Å².